The normalized spacial score (nSPS) is 15.5. The summed E-state index contributed by atoms with van der Waals surface area (Å²) in [5.41, 5.74) is 2.31. The molecule has 1 amide bonds. The quantitative estimate of drug-likeness (QED) is 0.530. The number of amides is 1. The number of carbonyl (C=O) groups excluding carboxylic acids is 1. The predicted octanol–water partition coefficient (Wildman–Crippen LogP) is 2.58. The fraction of sp³-hybridized carbons (Fsp3) is 0.333. The van der Waals surface area contributed by atoms with Gasteiger partial charge in [-0.3, -0.25) is 4.79 Å². The second-order valence-corrected chi connectivity index (χ2v) is 7.78. The number of halogens is 1. The summed E-state index contributed by atoms with van der Waals surface area (Å²) in [4.78, 5) is 18.1. The molecule has 1 unspecified atom stereocenters. The molecule has 0 fully saturated rings. The first-order valence-electron chi connectivity index (χ1n) is 9.22. The highest BCUT2D eigenvalue weighted by Gasteiger charge is 2.22. The highest BCUT2D eigenvalue weighted by molar-refractivity contribution is 9.10. The molecule has 0 aliphatic carbocycles. The summed E-state index contributed by atoms with van der Waals surface area (Å²) in [5.74, 6) is 1.53. The summed E-state index contributed by atoms with van der Waals surface area (Å²) in [6.45, 7) is 1.31. The molecule has 0 radical (unpaired) electrons. The largest absolute Gasteiger partial charge is 0.488 e. The van der Waals surface area contributed by atoms with E-state index in [1.807, 2.05) is 42.5 Å². The van der Waals surface area contributed by atoms with Crippen molar-refractivity contribution >= 4 is 27.8 Å². The third kappa shape index (κ3) is 5.73. The molecular formula is C21H25BrN4O2. The Labute approximate surface area is 174 Å². The number of likely N-dealkylation sites (N-methyl/N-ethyl adjacent to an activating group) is 1. The first-order chi connectivity index (χ1) is 13.5. The van der Waals surface area contributed by atoms with E-state index in [9.17, 15) is 4.79 Å². The average molecular weight is 445 g/mol. The van der Waals surface area contributed by atoms with Gasteiger partial charge in [0, 0.05) is 25.0 Å². The highest BCUT2D eigenvalue weighted by Crippen LogP contribution is 2.27. The Morgan fingerprint density at radius 3 is 2.64 bits per heavy atom. The van der Waals surface area contributed by atoms with Gasteiger partial charge in [0.05, 0.1) is 19.6 Å². The lowest BCUT2D eigenvalue weighted by Crippen LogP contribution is -2.45. The summed E-state index contributed by atoms with van der Waals surface area (Å²) in [5, 5.41) is 6.42. The van der Waals surface area contributed by atoms with Crippen LogP contribution in [0, 0.1) is 0 Å². The van der Waals surface area contributed by atoms with Crippen LogP contribution in [0.25, 0.3) is 0 Å². The third-order valence-corrected chi connectivity index (χ3v) is 4.98. The Morgan fingerprint density at radius 2 is 1.93 bits per heavy atom. The van der Waals surface area contributed by atoms with Crippen LogP contribution >= 0.6 is 15.9 Å². The number of guanidine groups is 1. The zero-order valence-electron chi connectivity index (χ0n) is 16.1. The van der Waals surface area contributed by atoms with Crippen molar-refractivity contribution in [2.75, 3.05) is 27.2 Å². The molecule has 148 valence electrons. The van der Waals surface area contributed by atoms with Crippen LogP contribution in [0.2, 0.25) is 0 Å². The van der Waals surface area contributed by atoms with E-state index in [-0.39, 0.29) is 18.6 Å². The molecule has 0 aromatic heterocycles. The maximum absolute atomic E-state index is 11.9. The second-order valence-electron chi connectivity index (χ2n) is 6.87. The minimum Gasteiger partial charge on any atom is -0.488 e. The maximum Gasteiger partial charge on any atom is 0.241 e. The van der Waals surface area contributed by atoms with Crippen LogP contribution in [0.15, 0.2) is 58.0 Å². The molecule has 1 aliphatic heterocycles. The van der Waals surface area contributed by atoms with Crippen molar-refractivity contribution in [1.29, 1.82) is 0 Å². The number of aliphatic imine (C=N–C) groups is 1. The SMILES string of the molecule is CN(C)C(=O)CNC(=NCc1ccc(Br)cc1)NCC1Cc2ccccc2O1. The summed E-state index contributed by atoms with van der Waals surface area (Å²) in [6, 6.07) is 16.1. The van der Waals surface area contributed by atoms with Gasteiger partial charge in [0.2, 0.25) is 5.91 Å². The van der Waals surface area contributed by atoms with Crippen molar-refractivity contribution in [3.05, 3.63) is 64.1 Å². The van der Waals surface area contributed by atoms with Gasteiger partial charge in [0.15, 0.2) is 5.96 Å². The minimum atomic E-state index is -0.0114. The Kier molecular flexibility index (Phi) is 6.92. The smallest absolute Gasteiger partial charge is 0.241 e. The lowest BCUT2D eigenvalue weighted by atomic mass is 10.1. The van der Waals surface area contributed by atoms with Gasteiger partial charge in [-0.15, -0.1) is 0 Å². The van der Waals surface area contributed by atoms with E-state index in [1.165, 1.54) is 5.56 Å². The fourth-order valence-corrected chi connectivity index (χ4v) is 3.09. The minimum absolute atomic E-state index is 0.0114. The molecule has 0 spiro atoms. The number of hydrogen-bond donors (Lipinski definition) is 2. The zero-order valence-corrected chi connectivity index (χ0v) is 17.7. The first kappa shape index (κ1) is 20.2. The number of rotatable bonds is 6. The molecule has 1 aliphatic rings. The zero-order chi connectivity index (χ0) is 19.9. The lowest BCUT2D eigenvalue weighted by molar-refractivity contribution is -0.127. The van der Waals surface area contributed by atoms with E-state index < -0.39 is 0 Å². The van der Waals surface area contributed by atoms with E-state index in [0.717, 1.165) is 22.2 Å². The third-order valence-electron chi connectivity index (χ3n) is 4.45. The van der Waals surface area contributed by atoms with Crippen molar-refractivity contribution in [3.8, 4) is 5.75 Å². The van der Waals surface area contributed by atoms with Crippen LogP contribution in [0.5, 0.6) is 5.75 Å². The summed E-state index contributed by atoms with van der Waals surface area (Å²) in [6.07, 6.45) is 0.904. The van der Waals surface area contributed by atoms with Crippen molar-refractivity contribution in [1.82, 2.24) is 15.5 Å². The van der Waals surface area contributed by atoms with Crippen LogP contribution in [0.1, 0.15) is 11.1 Å². The van der Waals surface area contributed by atoms with Gasteiger partial charge in [0.1, 0.15) is 11.9 Å². The topological polar surface area (TPSA) is 66.0 Å². The number of benzene rings is 2. The van der Waals surface area contributed by atoms with Crippen LogP contribution < -0.4 is 15.4 Å². The van der Waals surface area contributed by atoms with E-state index in [0.29, 0.717) is 19.0 Å². The number of hydrogen-bond acceptors (Lipinski definition) is 3. The summed E-state index contributed by atoms with van der Waals surface area (Å²) >= 11 is 3.44. The van der Waals surface area contributed by atoms with Gasteiger partial charge in [0.25, 0.3) is 0 Å². The molecule has 3 rings (SSSR count). The summed E-state index contributed by atoms with van der Waals surface area (Å²) in [7, 11) is 3.47. The average Bonchev–Trinajstić information content (AvgIpc) is 3.11. The Morgan fingerprint density at radius 1 is 1.18 bits per heavy atom. The van der Waals surface area contributed by atoms with E-state index in [2.05, 4.69) is 37.6 Å². The fourth-order valence-electron chi connectivity index (χ4n) is 2.83. The van der Waals surface area contributed by atoms with Gasteiger partial charge in [-0.2, -0.15) is 0 Å². The van der Waals surface area contributed by atoms with E-state index >= 15 is 0 Å². The molecule has 0 bridgehead atoms. The Hall–Kier alpha value is -2.54. The number of para-hydroxylation sites is 1. The maximum atomic E-state index is 11.9. The number of nitrogens with one attached hydrogen (secondary N) is 2. The molecular weight excluding hydrogens is 420 g/mol. The van der Waals surface area contributed by atoms with Gasteiger partial charge >= 0.3 is 0 Å². The van der Waals surface area contributed by atoms with Crippen molar-refractivity contribution in [2.24, 2.45) is 4.99 Å². The first-order valence-corrected chi connectivity index (χ1v) is 10.0. The molecule has 28 heavy (non-hydrogen) atoms. The van der Waals surface area contributed by atoms with Crippen LogP contribution in [0.4, 0.5) is 0 Å². The molecule has 0 saturated heterocycles. The Bertz CT molecular complexity index is 812. The highest BCUT2D eigenvalue weighted by atomic mass is 79.9. The lowest BCUT2D eigenvalue weighted by Gasteiger charge is -2.17. The van der Waals surface area contributed by atoms with E-state index in [4.69, 9.17) is 4.74 Å². The molecule has 2 aromatic rings. The van der Waals surface area contributed by atoms with Crippen molar-refractivity contribution < 1.29 is 9.53 Å². The molecule has 1 atom stereocenters. The van der Waals surface area contributed by atoms with Gasteiger partial charge in [-0.05, 0) is 29.3 Å². The van der Waals surface area contributed by atoms with E-state index in [1.54, 1.807) is 19.0 Å². The predicted molar refractivity (Wildman–Crippen MR) is 115 cm³/mol. The second kappa shape index (κ2) is 9.59. The molecule has 1 heterocycles. The van der Waals surface area contributed by atoms with Crippen LogP contribution in [-0.4, -0.2) is 50.1 Å². The van der Waals surface area contributed by atoms with Crippen LogP contribution in [0.3, 0.4) is 0 Å². The van der Waals surface area contributed by atoms with Crippen LogP contribution in [-0.2, 0) is 17.8 Å². The van der Waals surface area contributed by atoms with Crippen molar-refractivity contribution in [3.63, 3.8) is 0 Å². The monoisotopic (exact) mass is 444 g/mol. The molecule has 2 N–H and O–H groups in total. The Balaban J connectivity index is 1.59. The summed E-state index contributed by atoms with van der Waals surface area (Å²) < 4.78 is 7.00. The number of ether oxygens (including phenoxy) is 1. The number of nitrogens with zero attached hydrogens (tertiary/aromatic N) is 2. The van der Waals surface area contributed by atoms with Gasteiger partial charge in [-0.1, -0.05) is 46.3 Å². The number of fused-ring (bicyclic) bond motifs is 1. The molecule has 6 nitrogen and oxygen atoms in total. The van der Waals surface area contributed by atoms with Crippen molar-refractivity contribution in [2.45, 2.75) is 19.1 Å². The molecule has 2 aromatic carbocycles. The standard InChI is InChI=1S/C21H25BrN4O2/c1-26(2)20(27)14-25-21(23-12-15-7-9-17(22)10-8-15)24-13-18-11-16-5-3-4-6-19(16)28-18/h3-10,18H,11-14H2,1-2H3,(H2,23,24,25). The van der Waals surface area contributed by atoms with Gasteiger partial charge < -0.3 is 20.3 Å². The number of carbonyl (C=O) groups is 1. The molecule has 0 saturated carbocycles. The van der Waals surface area contributed by atoms with Gasteiger partial charge in [-0.25, -0.2) is 4.99 Å². The molecule has 7 heteroatoms.